The molecule has 0 saturated heterocycles. The fraction of sp³-hybridized carbons (Fsp3) is 0.263. The van der Waals surface area contributed by atoms with Crippen LogP contribution in [-0.2, 0) is 25.5 Å². The molecular formula is C19H21NO4. The van der Waals surface area contributed by atoms with Gasteiger partial charge < -0.3 is 14.8 Å². The van der Waals surface area contributed by atoms with Crippen molar-refractivity contribution in [3.05, 3.63) is 71.8 Å². The minimum absolute atomic E-state index is 0.352. The highest BCUT2D eigenvalue weighted by Crippen LogP contribution is 2.17. The summed E-state index contributed by atoms with van der Waals surface area (Å²) in [5.74, 6) is -0.870. The molecule has 0 heterocycles. The number of amides is 1. The van der Waals surface area contributed by atoms with Gasteiger partial charge in [0.1, 0.15) is 6.04 Å². The van der Waals surface area contributed by atoms with E-state index in [4.69, 9.17) is 9.47 Å². The van der Waals surface area contributed by atoms with Crippen molar-refractivity contribution < 1.29 is 19.1 Å². The lowest BCUT2D eigenvalue weighted by atomic mass is 10.0. The first kappa shape index (κ1) is 17.7. The van der Waals surface area contributed by atoms with Crippen molar-refractivity contribution in [1.82, 2.24) is 5.32 Å². The standard InChI is InChI=1S/C19H21NO4/c1-23-17(15-11-7-4-8-12-15)18(21)20-16(19(22)24-2)13-14-9-5-3-6-10-14/h3-12,16-17H,13H2,1-2H3,(H,20,21)/t16-,17?/m0/s1. The second-order valence-electron chi connectivity index (χ2n) is 5.30. The Kier molecular flexibility index (Phi) is 6.51. The molecule has 5 heteroatoms. The summed E-state index contributed by atoms with van der Waals surface area (Å²) < 4.78 is 10.1. The monoisotopic (exact) mass is 327 g/mol. The molecule has 24 heavy (non-hydrogen) atoms. The molecule has 2 atom stereocenters. The van der Waals surface area contributed by atoms with E-state index in [0.29, 0.717) is 6.42 Å². The van der Waals surface area contributed by atoms with Gasteiger partial charge in [-0.2, -0.15) is 0 Å². The zero-order valence-corrected chi connectivity index (χ0v) is 13.8. The second-order valence-corrected chi connectivity index (χ2v) is 5.30. The zero-order valence-electron chi connectivity index (χ0n) is 13.8. The van der Waals surface area contributed by atoms with Crippen LogP contribution >= 0.6 is 0 Å². The molecule has 0 bridgehead atoms. The molecule has 0 aliphatic carbocycles. The molecule has 0 spiro atoms. The van der Waals surface area contributed by atoms with Crippen molar-refractivity contribution in [3.8, 4) is 0 Å². The topological polar surface area (TPSA) is 64.6 Å². The fourth-order valence-corrected chi connectivity index (χ4v) is 2.46. The van der Waals surface area contributed by atoms with Gasteiger partial charge in [0.2, 0.25) is 0 Å². The average molecular weight is 327 g/mol. The van der Waals surface area contributed by atoms with Gasteiger partial charge in [0.15, 0.2) is 6.10 Å². The Balaban J connectivity index is 2.13. The Labute approximate surface area is 141 Å². The van der Waals surface area contributed by atoms with Crippen LogP contribution in [0.5, 0.6) is 0 Å². The SMILES string of the molecule is COC(=O)[C@H](Cc1ccccc1)NC(=O)C(OC)c1ccccc1. The zero-order chi connectivity index (χ0) is 17.4. The van der Waals surface area contributed by atoms with Crippen LogP contribution in [0, 0.1) is 0 Å². The number of benzene rings is 2. The molecule has 1 amide bonds. The van der Waals surface area contributed by atoms with E-state index >= 15 is 0 Å². The van der Waals surface area contributed by atoms with Crippen LogP contribution in [0.4, 0.5) is 0 Å². The lowest BCUT2D eigenvalue weighted by Gasteiger charge is -2.21. The second kappa shape index (κ2) is 8.84. The van der Waals surface area contributed by atoms with Gasteiger partial charge >= 0.3 is 5.97 Å². The summed E-state index contributed by atoms with van der Waals surface area (Å²) >= 11 is 0. The van der Waals surface area contributed by atoms with Crippen molar-refractivity contribution >= 4 is 11.9 Å². The van der Waals surface area contributed by atoms with E-state index in [2.05, 4.69) is 5.32 Å². The third-order valence-corrected chi connectivity index (χ3v) is 3.66. The summed E-state index contributed by atoms with van der Waals surface area (Å²) in [6.07, 6.45) is -0.432. The molecule has 0 aliphatic rings. The van der Waals surface area contributed by atoms with Crippen LogP contribution in [0.2, 0.25) is 0 Å². The van der Waals surface area contributed by atoms with E-state index < -0.39 is 18.1 Å². The molecule has 126 valence electrons. The molecule has 0 saturated carbocycles. The largest absolute Gasteiger partial charge is 0.467 e. The van der Waals surface area contributed by atoms with E-state index in [-0.39, 0.29) is 5.91 Å². The van der Waals surface area contributed by atoms with Gasteiger partial charge in [0.05, 0.1) is 7.11 Å². The smallest absolute Gasteiger partial charge is 0.328 e. The maximum absolute atomic E-state index is 12.6. The number of ether oxygens (including phenoxy) is 2. The van der Waals surface area contributed by atoms with Crippen molar-refractivity contribution in [2.24, 2.45) is 0 Å². The Morgan fingerprint density at radius 2 is 1.54 bits per heavy atom. The van der Waals surface area contributed by atoms with E-state index in [0.717, 1.165) is 11.1 Å². The normalized spacial score (nSPS) is 12.9. The Morgan fingerprint density at radius 3 is 2.08 bits per heavy atom. The third kappa shape index (κ3) is 4.67. The van der Waals surface area contributed by atoms with Crippen LogP contribution < -0.4 is 5.32 Å². The maximum Gasteiger partial charge on any atom is 0.328 e. The first-order chi connectivity index (χ1) is 11.7. The van der Waals surface area contributed by atoms with Crippen molar-refractivity contribution in [2.75, 3.05) is 14.2 Å². The summed E-state index contributed by atoms with van der Waals surface area (Å²) in [5.41, 5.74) is 1.66. The molecular weight excluding hydrogens is 306 g/mol. The van der Waals surface area contributed by atoms with Gasteiger partial charge in [-0.3, -0.25) is 4.79 Å². The predicted octanol–water partition coefficient (Wildman–Crippen LogP) is 2.27. The van der Waals surface area contributed by atoms with Crippen LogP contribution in [0.25, 0.3) is 0 Å². The fourth-order valence-electron chi connectivity index (χ4n) is 2.46. The molecule has 0 aromatic heterocycles. The first-order valence-electron chi connectivity index (χ1n) is 7.65. The summed E-state index contributed by atoms with van der Waals surface area (Å²) in [4.78, 5) is 24.6. The highest BCUT2D eigenvalue weighted by atomic mass is 16.5. The third-order valence-electron chi connectivity index (χ3n) is 3.66. The number of nitrogens with one attached hydrogen (secondary N) is 1. The summed E-state index contributed by atoms with van der Waals surface area (Å²) in [6.45, 7) is 0. The summed E-state index contributed by atoms with van der Waals surface area (Å²) in [5, 5.41) is 2.73. The van der Waals surface area contributed by atoms with Crippen LogP contribution in [0.3, 0.4) is 0 Å². The lowest BCUT2D eigenvalue weighted by Crippen LogP contribution is -2.45. The van der Waals surface area contributed by atoms with E-state index in [1.54, 1.807) is 12.1 Å². The molecule has 2 aromatic carbocycles. The minimum Gasteiger partial charge on any atom is -0.467 e. The Morgan fingerprint density at radius 1 is 0.958 bits per heavy atom. The quantitative estimate of drug-likeness (QED) is 0.793. The number of carbonyl (C=O) groups is 2. The molecule has 1 N–H and O–H groups in total. The molecule has 0 aliphatic heterocycles. The van der Waals surface area contributed by atoms with Crippen LogP contribution in [-0.4, -0.2) is 32.1 Å². The molecule has 2 aromatic rings. The van der Waals surface area contributed by atoms with Gasteiger partial charge in [-0.15, -0.1) is 0 Å². The predicted molar refractivity (Wildman–Crippen MR) is 90.3 cm³/mol. The Hall–Kier alpha value is -2.66. The average Bonchev–Trinajstić information content (AvgIpc) is 2.63. The maximum atomic E-state index is 12.6. The molecule has 2 rings (SSSR count). The number of methoxy groups -OCH3 is 2. The molecule has 1 unspecified atom stereocenters. The van der Waals surface area contributed by atoms with E-state index in [9.17, 15) is 9.59 Å². The minimum atomic E-state index is -0.783. The number of hydrogen-bond acceptors (Lipinski definition) is 4. The van der Waals surface area contributed by atoms with Gasteiger partial charge in [0.25, 0.3) is 5.91 Å². The first-order valence-corrected chi connectivity index (χ1v) is 7.65. The number of esters is 1. The number of carbonyl (C=O) groups excluding carboxylic acids is 2. The highest BCUT2D eigenvalue weighted by molar-refractivity contribution is 5.87. The van der Waals surface area contributed by atoms with Gasteiger partial charge in [-0.1, -0.05) is 60.7 Å². The van der Waals surface area contributed by atoms with Gasteiger partial charge in [-0.05, 0) is 11.1 Å². The van der Waals surface area contributed by atoms with Crippen LogP contribution in [0.15, 0.2) is 60.7 Å². The summed E-state index contributed by atoms with van der Waals surface area (Å²) in [6, 6.07) is 17.8. The van der Waals surface area contributed by atoms with Crippen molar-refractivity contribution in [2.45, 2.75) is 18.6 Å². The number of rotatable bonds is 7. The van der Waals surface area contributed by atoms with Crippen molar-refractivity contribution in [1.29, 1.82) is 0 Å². The van der Waals surface area contributed by atoms with Crippen LogP contribution in [0.1, 0.15) is 17.2 Å². The number of hydrogen-bond donors (Lipinski definition) is 1. The highest BCUT2D eigenvalue weighted by Gasteiger charge is 2.27. The van der Waals surface area contributed by atoms with Gasteiger partial charge in [-0.25, -0.2) is 4.79 Å². The summed E-state index contributed by atoms with van der Waals surface area (Å²) in [7, 11) is 2.76. The lowest BCUT2D eigenvalue weighted by molar-refractivity contribution is -0.146. The Bertz CT molecular complexity index is 658. The molecule has 5 nitrogen and oxygen atoms in total. The van der Waals surface area contributed by atoms with E-state index in [1.807, 2.05) is 48.5 Å². The van der Waals surface area contributed by atoms with Crippen molar-refractivity contribution in [3.63, 3.8) is 0 Å². The molecule has 0 radical (unpaired) electrons. The van der Waals surface area contributed by atoms with Gasteiger partial charge in [0, 0.05) is 13.5 Å². The van der Waals surface area contributed by atoms with E-state index in [1.165, 1.54) is 14.2 Å². The molecule has 0 fully saturated rings.